The van der Waals surface area contributed by atoms with Crippen LogP contribution < -0.4 is 0 Å². The Bertz CT molecular complexity index is 1050. The summed E-state index contributed by atoms with van der Waals surface area (Å²) in [6, 6.07) is 10.1. The van der Waals surface area contributed by atoms with E-state index in [-0.39, 0.29) is 11.9 Å². The molecule has 0 fully saturated rings. The number of nitrogens with zero attached hydrogens (tertiary/aromatic N) is 3. The molecule has 0 saturated carbocycles. The lowest BCUT2D eigenvalue weighted by atomic mass is 9.99. The number of aromatic nitrogens is 4. The van der Waals surface area contributed by atoms with Crippen molar-refractivity contribution in [3.63, 3.8) is 0 Å². The van der Waals surface area contributed by atoms with E-state index in [1.807, 2.05) is 22.4 Å². The highest BCUT2D eigenvalue weighted by Crippen LogP contribution is 2.35. The summed E-state index contributed by atoms with van der Waals surface area (Å²) in [7, 11) is 0. The number of imidazole rings is 1. The summed E-state index contributed by atoms with van der Waals surface area (Å²) >= 11 is 1.60. The number of carbonyl (C=O) groups excluding carboxylic acids is 1. The van der Waals surface area contributed by atoms with Crippen molar-refractivity contribution in [1.82, 2.24) is 24.8 Å². The predicted molar refractivity (Wildman–Crippen MR) is 105 cm³/mol. The molecule has 0 bridgehead atoms. The number of aromatic amines is 2. The van der Waals surface area contributed by atoms with Gasteiger partial charge in [-0.15, -0.1) is 11.3 Å². The van der Waals surface area contributed by atoms with Gasteiger partial charge in [0.15, 0.2) is 0 Å². The lowest BCUT2D eigenvalue weighted by molar-refractivity contribution is -0.133. The van der Waals surface area contributed by atoms with Crippen LogP contribution in [0.3, 0.4) is 0 Å². The van der Waals surface area contributed by atoms with Gasteiger partial charge in [0, 0.05) is 54.3 Å². The fourth-order valence-corrected chi connectivity index (χ4v) is 4.46. The fourth-order valence-electron chi connectivity index (χ4n) is 3.84. The van der Waals surface area contributed by atoms with Crippen LogP contribution in [0.2, 0.25) is 0 Å². The van der Waals surface area contributed by atoms with Crippen LogP contribution >= 0.6 is 11.3 Å². The number of rotatable bonds is 4. The van der Waals surface area contributed by atoms with Gasteiger partial charge in [-0.1, -0.05) is 18.2 Å². The van der Waals surface area contributed by atoms with Gasteiger partial charge in [-0.2, -0.15) is 0 Å². The Labute approximate surface area is 160 Å². The van der Waals surface area contributed by atoms with E-state index in [1.165, 1.54) is 0 Å². The van der Waals surface area contributed by atoms with Crippen molar-refractivity contribution >= 4 is 28.1 Å². The Morgan fingerprint density at radius 3 is 3.07 bits per heavy atom. The van der Waals surface area contributed by atoms with Crippen LogP contribution in [0, 0.1) is 0 Å². The van der Waals surface area contributed by atoms with Crippen LogP contribution in [-0.2, 0) is 17.6 Å². The molecule has 1 aliphatic rings. The van der Waals surface area contributed by atoms with Crippen molar-refractivity contribution in [3.05, 3.63) is 70.3 Å². The van der Waals surface area contributed by atoms with Crippen LogP contribution in [0.1, 0.15) is 34.6 Å². The topological polar surface area (TPSA) is 77.7 Å². The normalized spacial score (nSPS) is 16.6. The van der Waals surface area contributed by atoms with Crippen molar-refractivity contribution < 1.29 is 4.79 Å². The van der Waals surface area contributed by atoms with Crippen molar-refractivity contribution in [2.75, 3.05) is 6.54 Å². The number of benzene rings is 1. The third kappa shape index (κ3) is 2.94. The van der Waals surface area contributed by atoms with Gasteiger partial charge in [-0.25, -0.2) is 9.97 Å². The first kappa shape index (κ1) is 16.3. The molecule has 6 nitrogen and oxygen atoms in total. The number of carbonyl (C=O) groups is 1. The number of para-hydroxylation sites is 1. The minimum Gasteiger partial charge on any atom is -0.356 e. The lowest BCUT2D eigenvalue weighted by Gasteiger charge is -2.34. The van der Waals surface area contributed by atoms with Crippen molar-refractivity contribution in [2.45, 2.75) is 25.3 Å². The summed E-state index contributed by atoms with van der Waals surface area (Å²) in [5.41, 5.74) is 4.13. The van der Waals surface area contributed by atoms with E-state index in [2.05, 4.69) is 38.1 Å². The average Bonchev–Trinajstić information content (AvgIpc) is 3.45. The van der Waals surface area contributed by atoms with E-state index < -0.39 is 0 Å². The second kappa shape index (κ2) is 6.66. The van der Waals surface area contributed by atoms with Crippen LogP contribution in [0.15, 0.2) is 48.2 Å². The molecular formula is C20H19N5OS. The molecule has 0 radical (unpaired) electrons. The molecule has 1 amide bonds. The van der Waals surface area contributed by atoms with Gasteiger partial charge in [0.1, 0.15) is 6.04 Å². The molecular weight excluding hydrogens is 358 g/mol. The van der Waals surface area contributed by atoms with Gasteiger partial charge in [0.25, 0.3) is 0 Å². The maximum atomic E-state index is 13.1. The lowest BCUT2D eigenvalue weighted by Crippen LogP contribution is -2.41. The minimum absolute atomic E-state index is 0.141. The second-order valence-electron chi connectivity index (χ2n) is 6.74. The SMILES string of the molecule is O=C(CCc1nccs1)N1CCc2[nH]cnc2[C@@H]1c1cc2ccccc2[nH]1. The van der Waals surface area contributed by atoms with E-state index in [9.17, 15) is 4.79 Å². The second-order valence-corrected chi connectivity index (χ2v) is 7.72. The summed E-state index contributed by atoms with van der Waals surface area (Å²) < 4.78 is 0. The first-order valence-corrected chi connectivity index (χ1v) is 9.95. The molecule has 27 heavy (non-hydrogen) atoms. The largest absolute Gasteiger partial charge is 0.356 e. The Hall–Kier alpha value is -2.93. The molecule has 4 heterocycles. The molecule has 1 atom stereocenters. The van der Waals surface area contributed by atoms with Crippen molar-refractivity contribution in [2.24, 2.45) is 0 Å². The summed E-state index contributed by atoms with van der Waals surface area (Å²) in [5.74, 6) is 0.141. The molecule has 0 unspecified atom stereocenters. The Morgan fingerprint density at radius 1 is 1.30 bits per heavy atom. The van der Waals surface area contributed by atoms with E-state index in [1.54, 1.807) is 23.9 Å². The summed E-state index contributed by atoms with van der Waals surface area (Å²) in [6.45, 7) is 0.686. The van der Waals surface area contributed by atoms with Gasteiger partial charge in [-0.05, 0) is 17.5 Å². The third-order valence-corrected chi connectivity index (χ3v) is 5.97. The zero-order valence-electron chi connectivity index (χ0n) is 14.7. The van der Waals surface area contributed by atoms with E-state index in [0.717, 1.165) is 39.4 Å². The molecule has 1 aromatic carbocycles. The molecule has 3 aromatic heterocycles. The summed E-state index contributed by atoms with van der Waals surface area (Å²) in [5, 5.41) is 4.10. The summed E-state index contributed by atoms with van der Waals surface area (Å²) in [4.78, 5) is 30.6. The highest BCUT2D eigenvalue weighted by molar-refractivity contribution is 7.09. The minimum atomic E-state index is -0.184. The van der Waals surface area contributed by atoms with Crippen LogP contribution in [0.25, 0.3) is 10.9 Å². The van der Waals surface area contributed by atoms with Crippen LogP contribution in [-0.4, -0.2) is 37.3 Å². The predicted octanol–water partition coefficient (Wildman–Crippen LogP) is 3.45. The molecule has 0 spiro atoms. The first-order valence-electron chi connectivity index (χ1n) is 9.07. The standard InChI is InChI=1S/C20H19N5OS/c26-18(6-5-17-21-8-10-27-17)25-9-7-15-19(23-12-22-15)20(25)16-11-13-3-1-2-4-14(13)24-16/h1-4,8,10-12,20,24H,5-7,9H2,(H,22,23)/t20-/m0/s1. The van der Waals surface area contributed by atoms with Crippen molar-refractivity contribution in [3.8, 4) is 0 Å². The fraction of sp³-hybridized carbons (Fsp3) is 0.250. The highest BCUT2D eigenvalue weighted by atomic mass is 32.1. The number of H-pyrrole nitrogens is 2. The number of aryl methyl sites for hydroxylation is 1. The van der Waals surface area contributed by atoms with Gasteiger partial charge in [0.2, 0.25) is 5.91 Å². The van der Waals surface area contributed by atoms with E-state index in [4.69, 9.17) is 0 Å². The molecule has 1 aliphatic heterocycles. The van der Waals surface area contributed by atoms with Crippen LogP contribution in [0.4, 0.5) is 0 Å². The number of hydrogen-bond donors (Lipinski definition) is 2. The van der Waals surface area contributed by atoms with E-state index in [0.29, 0.717) is 19.4 Å². The first-order chi connectivity index (χ1) is 13.3. The molecule has 7 heteroatoms. The highest BCUT2D eigenvalue weighted by Gasteiger charge is 2.34. The molecule has 4 aromatic rings. The number of thiazole rings is 1. The Balaban J connectivity index is 1.49. The van der Waals surface area contributed by atoms with Gasteiger partial charge >= 0.3 is 0 Å². The molecule has 5 rings (SSSR count). The third-order valence-electron chi connectivity index (χ3n) is 5.13. The summed E-state index contributed by atoms with van der Waals surface area (Å²) in [6.07, 6.45) is 5.46. The quantitative estimate of drug-likeness (QED) is 0.572. The van der Waals surface area contributed by atoms with Crippen molar-refractivity contribution in [1.29, 1.82) is 0 Å². The molecule has 136 valence electrons. The maximum Gasteiger partial charge on any atom is 0.223 e. The van der Waals surface area contributed by atoms with Gasteiger partial charge in [-0.3, -0.25) is 4.79 Å². The molecule has 2 N–H and O–H groups in total. The molecule has 0 aliphatic carbocycles. The molecule has 0 saturated heterocycles. The Morgan fingerprint density at radius 2 is 2.22 bits per heavy atom. The average molecular weight is 377 g/mol. The van der Waals surface area contributed by atoms with Crippen LogP contribution in [0.5, 0.6) is 0 Å². The Kier molecular flexibility index (Phi) is 4.01. The number of fused-ring (bicyclic) bond motifs is 2. The maximum absolute atomic E-state index is 13.1. The number of nitrogens with one attached hydrogen (secondary N) is 2. The smallest absolute Gasteiger partial charge is 0.223 e. The monoisotopic (exact) mass is 377 g/mol. The van der Waals surface area contributed by atoms with Gasteiger partial charge < -0.3 is 14.9 Å². The van der Waals surface area contributed by atoms with E-state index >= 15 is 0 Å². The van der Waals surface area contributed by atoms with Gasteiger partial charge in [0.05, 0.1) is 17.0 Å². The zero-order chi connectivity index (χ0) is 18.2. The number of amides is 1. The number of hydrogen-bond acceptors (Lipinski definition) is 4. The zero-order valence-corrected chi connectivity index (χ0v) is 15.5.